The van der Waals surface area contributed by atoms with Crippen molar-refractivity contribution in [3.05, 3.63) is 24.3 Å². The number of amides is 2. The number of fused-ring (bicyclic) bond motifs is 2. The van der Waals surface area contributed by atoms with Gasteiger partial charge in [0.2, 0.25) is 5.91 Å². The molecule has 3 heterocycles. The van der Waals surface area contributed by atoms with Crippen molar-refractivity contribution in [2.24, 2.45) is 0 Å². The lowest BCUT2D eigenvalue weighted by atomic mass is 10.00. The van der Waals surface area contributed by atoms with Gasteiger partial charge in [0.25, 0.3) is 5.91 Å². The molecule has 2 amide bonds. The maximum absolute atomic E-state index is 12.2. The van der Waals surface area contributed by atoms with Gasteiger partial charge in [0.15, 0.2) is 6.61 Å². The molecule has 3 saturated heterocycles. The van der Waals surface area contributed by atoms with Crippen LogP contribution in [-0.4, -0.2) is 43.1 Å². The molecule has 2 N–H and O–H groups in total. The number of anilines is 1. The van der Waals surface area contributed by atoms with Crippen molar-refractivity contribution in [1.82, 2.24) is 10.6 Å². The Balaban J connectivity index is 0.00000196. The van der Waals surface area contributed by atoms with E-state index in [4.69, 9.17) is 4.74 Å². The van der Waals surface area contributed by atoms with Gasteiger partial charge in [-0.15, -0.1) is 12.4 Å². The van der Waals surface area contributed by atoms with Crippen LogP contribution in [0.3, 0.4) is 0 Å². The average molecular weight is 380 g/mol. The van der Waals surface area contributed by atoms with Gasteiger partial charge in [-0.3, -0.25) is 9.59 Å². The lowest BCUT2D eigenvalue weighted by Crippen LogP contribution is -2.48. The third kappa shape index (κ3) is 4.30. The van der Waals surface area contributed by atoms with E-state index in [1.165, 1.54) is 12.8 Å². The van der Waals surface area contributed by atoms with Crippen LogP contribution in [0.5, 0.6) is 5.75 Å². The molecule has 3 aliphatic heterocycles. The van der Waals surface area contributed by atoms with E-state index in [1.807, 2.05) is 24.3 Å². The Kier molecular flexibility index (Phi) is 6.04. The summed E-state index contributed by atoms with van der Waals surface area (Å²) in [6.45, 7) is 0.761. The molecule has 0 aromatic heterocycles. The minimum Gasteiger partial charge on any atom is -0.484 e. The second kappa shape index (κ2) is 8.27. The van der Waals surface area contributed by atoms with Crippen molar-refractivity contribution in [2.45, 2.75) is 56.7 Å². The van der Waals surface area contributed by atoms with Crippen LogP contribution in [0.2, 0.25) is 0 Å². The highest BCUT2D eigenvalue weighted by Gasteiger charge is 2.34. The molecule has 3 aliphatic rings. The molecule has 4 rings (SSSR count). The lowest BCUT2D eigenvalue weighted by Gasteiger charge is -2.29. The Hall–Kier alpha value is -1.79. The van der Waals surface area contributed by atoms with Crippen LogP contribution in [0.15, 0.2) is 24.3 Å². The fourth-order valence-electron chi connectivity index (χ4n) is 4.26. The summed E-state index contributed by atoms with van der Waals surface area (Å²) in [5.74, 6) is 0.696. The van der Waals surface area contributed by atoms with E-state index in [1.54, 1.807) is 4.90 Å². The van der Waals surface area contributed by atoms with E-state index in [0.717, 1.165) is 31.5 Å². The predicted molar refractivity (Wildman–Crippen MR) is 102 cm³/mol. The van der Waals surface area contributed by atoms with Gasteiger partial charge in [-0.25, -0.2) is 0 Å². The van der Waals surface area contributed by atoms with Crippen molar-refractivity contribution in [1.29, 1.82) is 0 Å². The Morgan fingerprint density at radius 2 is 2.04 bits per heavy atom. The molecule has 0 saturated carbocycles. The van der Waals surface area contributed by atoms with Crippen LogP contribution >= 0.6 is 12.4 Å². The minimum absolute atomic E-state index is 0. The molecule has 1 aromatic rings. The Morgan fingerprint density at radius 3 is 2.73 bits per heavy atom. The van der Waals surface area contributed by atoms with E-state index < -0.39 is 0 Å². The zero-order valence-corrected chi connectivity index (χ0v) is 15.6. The number of carbonyl (C=O) groups is 2. The van der Waals surface area contributed by atoms with Crippen LogP contribution in [0.25, 0.3) is 0 Å². The van der Waals surface area contributed by atoms with Crippen molar-refractivity contribution in [2.75, 3.05) is 18.1 Å². The highest BCUT2D eigenvalue weighted by atomic mass is 35.5. The molecule has 7 heteroatoms. The van der Waals surface area contributed by atoms with Crippen molar-refractivity contribution in [3.8, 4) is 5.75 Å². The number of carbonyl (C=O) groups excluding carboxylic acids is 2. The molecule has 1 aromatic carbocycles. The number of hydrogen-bond donors (Lipinski definition) is 2. The molecular formula is C19H26ClN3O3. The molecule has 0 spiro atoms. The first kappa shape index (κ1) is 19.0. The fourth-order valence-corrected chi connectivity index (χ4v) is 4.26. The molecule has 2 unspecified atom stereocenters. The normalized spacial score (nSPS) is 27.2. The van der Waals surface area contributed by atoms with E-state index in [2.05, 4.69) is 10.6 Å². The summed E-state index contributed by atoms with van der Waals surface area (Å²) in [7, 11) is 0. The topological polar surface area (TPSA) is 70.7 Å². The SMILES string of the molecule is Cl.O=C(COc1cccc(N2CCCC2=O)c1)NC1CC2CCC(C1)N2. The lowest BCUT2D eigenvalue weighted by molar-refractivity contribution is -0.124. The maximum Gasteiger partial charge on any atom is 0.258 e. The number of halogens is 1. The smallest absolute Gasteiger partial charge is 0.258 e. The largest absolute Gasteiger partial charge is 0.484 e. The summed E-state index contributed by atoms with van der Waals surface area (Å²) in [5, 5.41) is 6.67. The fraction of sp³-hybridized carbons (Fsp3) is 0.579. The monoisotopic (exact) mass is 379 g/mol. The van der Waals surface area contributed by atoms with E-state index in [-0.39, 0.29) is 36.9 Å². The van der Waals surface area contributed by atoms with Gasteiger partial charge in [-0.2, -0.15) is 0 Å². The van der Waals surface area contributed by atoms with Crippen molar-refractivity contribution in [3.63, 3.8) is 0 Å². The first-order valence-corrected chi connectivity index (χ1v) is 9.26. The Morgan fingerprint density at radius 1 is 1.27 bits per heavy atom. The summed E-state index contributed by atoms with van der Waals surface area (Å²) in [5.41, 5.74) is 0.843. The molecular weight excluding hydrogens is 354 g/mol. The number of rotatable bonds is 5. The molecule has 6 nitrogen and oxygen atoms in total. The van der Waals surface area contributed by atoms with E-state index in [9.17, 15) is 9.59 Å². The number of nitrogens with zero attached hydrogens (tertiary/aromatic N) is 1. The summed E-state index contributed by atoms with van der Waals surface area (Å²) >= 11 is 0. The number of ether oxygens (including phenoxy) is 1. The zero-order chi connectivity index (χ0) is 17.2. The van der Waals surface area contributed by atoms with Gasteiger partial charge in [-0.1, -0.05) is 6.07 Å². The molecule has 2 bridgehead atoms. The number of hydrogen-bond acceptors (Lipinski definition) is 4. The molecule has 26 heavy (non-hydrogen) atoms. The van der Waals surface area contributed by atoms with Gasteiger partial charge in [0, 0.05) is 42.8 Å². The third-order valence-electron chi connectivity index (χ3n) is 5.41. The second-order valence-corrected chi connectivity index (χ2v) is 7.31. The highest BCUT2D eigenvalue weighted by molar-refractivity contribution is 5.95. The van der Waals surface area contributed by atoms with Crippen molar-refractivity contribution < 1.29 is 14.3 Å². The van der Waals surface area contributed by atoms with Crippen LogP contribution < -0.4 is 20.3 Å². The highest BCUT2D eigenvalue weighted by Crippen LogP contribution is 2.27. The number of benzene rings is 1. The Labute approximate surface area is 160 Å². The Bertz CT molecular complexity index is 657. The molecule has 3 fully saturated rings. The van der Waals surface area contributed by atoms with Crippen LogP contribution in [0, 0.1) is 0 Å². The summed E-state index contributed by atoms with van der Waals surface area (Å²) in [6.07, 6.45) is 5.95. The quantitative estimate of drug-likeness (QED) is 0.821. The summed E-state index contributed by atoms with van der Waals surface area (Å²) < 4.78 is 5.65. The predicted octanol–water partition coefficient (Wildman–Crippen LogP) is 2.01. The zero-order valence-electron chi connectivity index (χ0n) is 14.8. The first-order valence-electron chi connectivity index (χ1n) is 9.26. The van der Waals surface area contributed by atoms with E-state index in [0.29, 0.717) is 24.3 Å². The maximum atomic E-state index is 12.2. The second-order valence-electron chi connectivity index (χ2n) is 7.31. The standard InChI is InChI=1S/C19H25N3O3.ClH/c23-18(21-15-9-13-6-7-14(10-15)20-13)12-25-17-4-1-3-16(11-17)22-8-2-5-19(22)24;/h1,3-4,11,13-15,20H,2,5-10,12H2,(H,21,23);1H. The molecule has 0 aliphatic carbocycles. The van der Waals surface area contributed by atoms with Gasteiger partial charge >= 0.3 is 0 Å². The van der Waals surface area contributed by atoms with Gasteiger partial charge < -0.3 is 20.3 Å². The van der Waals surface area contributed by atoms with Crippen LogP contribution in [0.4, 0.5) is 5.69 Å². The number of piperidine rings is 1. The van der Waals surface area contributed by atoms with Gasteiger partial charge in [0.05, 0.1) is 0 Å². The molecule has 2 atom stereocenters. The third-order valence-corrected chi connectivity index (χ3v) is 5.41. The van der Waals surface area contributed by atoms with Crippen molar-refractivity contribution >= 4 is 29.9 Å². The molecule has 142 valence electrons. The van der Waals surface area contributed by atoms with E-state index >= 15 is 0 Å². The minimum atomic E-state index is -0.0750. The summed E-state index contributed by atoms with van der Waals surface area (Å²) in [6, 6.07) is 8.78. The van der Waals surface area contributed by atoms with Gasteiger partial charge in [-0.05, 0) is 44.2 Å². The first-order chi connectivity index (χ1) is 12.2. The summed E-state index contributed by atoms with van der Waals surface area (Å²) in [4.78, 5) is 25.8. The van der Waals surface area contributed by atoms with Crippen LogP contribution in [-0.2, 0) is 9.59 Å². The number of nitrogens with one attached hydrogen (secondary N) is 2. The van der Waals surface area contributed by atoms with Gasteiger partial charge in [0.1, 0.15) is 5.75 Å². The van der Waals surface area contributed by atoms with Crippen LogP contribution in [0.1, 0.15) is 38.5 Å². The average Bonchev–Trinajstić information content (AvgIpc) is 3.18. The molecule has 0 radical (unpaired) electrons.